The number of hydrogen-bond donors (Lipinski definition) is 2. The Morgan fingerprint density at radius 1 is 1.32 bits per heavy atom. The molecule has 0 aliphatic carbocycles. The maximum Gasteiger partial charge on any atom is 0.191 e. The van der Waals surface area contributed by atoms with Gasteiger partial charge in [-0.25, -0.2) is 13.4 Å². The highest BCUT2D eigenvalue weighted by Gasteiger charge is 2.20. The van der Waals surface area contributed by atoms with E-state index in [1.54, 1.807) is 12.3 Å². The molecule has 0 aliphatic rings. The van der Waals surface area contributed by atoms with Gasteiger partial charge in [0, 0.05) is 32.1 Å². The minimum Gasteiger partial charge on any atom is -0.357 e. The van der Waals surface area contributed by atoms with Crippen molar-refractivity contribution in [2.45, 2.75) is 33.6 Å². The third-order valence-electron chi connectivity index (χ3n) is 3.65. The van der Waals surface area contributed by atoms with Gasteiger partial charge in [-0.15, -0.1) is 0 Å². The summed E-state index contributed by atoms with van der Waals surface area (Å²) in [6.07, 6.45) is 4.43. The fraction of sp³-hybridized carbons (Fsp3) is 0.647. The molecule has 1 rings (SSSR count). The van der Waals surface area contributed by atoms with Crippen LogP contribution in [0.1, 0.15) is 32.8 Å². The van der Waals surface area contributed by atoms with Crippen LogP contribution in [0.5, 0.6) is 0 Å². The van der Waals surface area contributed by atoms with Crippen LogP contribution in [0.25, 0.3) is 0 Å². The average Bonchev–Trinajstić information content (AvgIpc) is 2.52. The zero-order chi connectivity index (χ0) is 18.9. The molecule has 25 heavy (non-hydrogen) atoms. The van der Waals surface area contributed by atoms with E-state index in [1.165, 1.54) is 6.26 Å². The highest BCUT2D eigenvalue weighted by atomic mass is 35.5. The number of pyridine rings is 1. The fourth-order valence-electron chi connectivity index (χ4n) is 2.06. The van der Waals surface area contributed by atoms with Crippen molar-refractivity contribution in [2.75, 3.05) is 31.6 Å². The van der Waals surface area contributed by atoms with E-state index in [0.717, 1.165) is 31.0 Å². The maximum absolute atomic E-state index is 11.3. The summed E-state index contributed by atoms with van der Waals surface area (Å²) in [5.74, 6) is 0.917. The Bertz CT molecular complexity index is 658. The van der Waals surface area contributed by atoms with E-state index in [2.05, 4.69) is 20.6 Å². The molecule has 142 valence electrons. The lowest BCUT2D eigenvalue weighted by Crippen LogP contribution is -2.39. The summed E-state index contributed by atoms with van der Waals surface area (Å²) in [6.45, 7) is 8.11. The Labute approximate surface area is 156 Å². The largest absolute Gasteiger partial charge is 0.357 e. The van der Waals surface area contributed by atoms with E-state index >= 15 is 0 Å². The molecular weight excluding hydrogens is 360 g/mol. The molecule has 0 fully saturated rings. The van der Waals surface area contributed by atoms with Crippen molar-refractivity contribution in [3.63, 3.8) is 0 Å². The van der Waals surface area contributed by atoms with E-state index in [9.17, 15) is 8.42 Å². The van der Waals surface area contributed by atoms with E-state index in [1.807, 2.05) is 26.8 Å². The molecule has 0 unspecified atom stereocenters. The minimum absolute atomic E-state index is 0.175. The SMILES string of the molecule is CCNC(=NCC(C)(C)CCS(C)(=O)=O)NCCc1ccc(Cl)nc1. The van der Waals surface area contributed by atoms with Crippen molar-refractivity contribution < 1.29 is 8.42 Å². The number of hydrogen-bond acceptors (Lipinski definition) is 4. The molecule has 0 saturated heterocycles. The summed E-state index contributed by atoms with van der Waals surface area (Å²) >= 11 is 5.78. The molecule has 1 aromatic rings. The van der Waals surface area contributed by atoms with Crippen LogP contribution in [-0.4, -0.2) is 51.0 Å². The molecule has 6 nitrogen and oxygen atoms in total. The number of aliphatic imine (C=N–C) groups is 1. The van der Waals surface area contributed by atoms with Crippen molar-refractivity contribution >= 4 is 27.4 Å². The maximum atomic E-state index is 11.3. The molecule has 0 aliphatic heterocycles. The number of sulfone groups is 1. The molecule has 0 aromatic carbocycles. The number of rotatable bonds is 9. The Kier molecular flexibility index (Phi) is 8.65. The molecule has 1 aromatic heterocycles. The van der Waals surface area contributed by atoms with Crippen LogP contribution < -0.4 is 10.6 Å². The summed E-state index contributed by atoms with van der Waals surface area (Å²) in [4.78, 5) is 8.66. The van der Waals surface area contributed by atoms with Crippen molar-refractivity contribution in [1.29, 1.82) is 0 Å². The summed E-state index contributed by atoms with van der Waals surface area (Å²) in [5, 5.41) is 6.98. The van der Waals surface area contributed by atoms with Crippen LogP contribution >= 0.6 is 11.6 Å². The molecule has 8 heteroatoms. The van der Waals surface area contributed by atoms with Crippen LogP contribution in [0, 0.1) is 5.41 Å². The number of nitrogens with zero attached hydrogens (tertiary/aromatic N) is 2. The number of aromatic nitrogens is 1. The van der Waals surface area contributed by atoms with Crippen molar-refractivity contribution in [3.8, 4) is 0 Å². The highest BCUT2D eigenvalue weighted by molar-refractivity contribution is 7.90. The molecular formula is C17H29ClN4O2S. The predicted molar refractivity (Wildman–Crippen MR) is 105 cm³/mol. The Morgan fingerprint density at radius 3 is 2.60 bits per heavy atom. The van der Waals surface area contributed by atoms with Crippen molar-refractivity contribution in [2.24, 2.45) is 10.4 Å². The summed E-state index contributed by atoms with van der Waals surface area (Å²) < 4.78 is 22.7. The average molecular weight is 389 g/mol. The number of guanidine groups is 1. The monoisotopic (exact) mass is 388 g/mol. The van der Waals surface area contributed by atoms with Gasteiger partial charge in [-0.05, 0) is 36.8 Å². The van der Waals surface area contributed by atoms with Crippen LogP contribution in [0.4, 0.5) is 0 Å². The predicted octanol–water partition coefficient (Wildman–Crippen LogP) is 2.29. The van der Waals surface area contributed by atoms with Gasteiger partial charge in [-0.1, -0.05) is 31.5 Å². The molecule has 0 amide bonds. The first-order chi connectivity index (χ1) is 11.6. The first-order valence-corrected chi connectivity index (χ1v) is 10.9. The van der Waals surface area contributed by atoms with E-state index < -0.39 is 9.84 Å². The first kappa shape index (κ1) is 21.7. The summed E-state index contributed by atoms with van der Waals surface area (Å²) in [6, 6.07) is 3.73. The normalized spacial score (nSPS) is 12.9. The van der Waals surface area contributed by atoms with Gasteiger partial charge in [0.2, 0.25) is 0 Å². The minimum atomic E-state index is -2.95. The van der Waals surface area contributed by atoms with Gasteiger partial charge < -0.3 is 10.6 Å². The topological polar surface area (TPSA) is 83.5 Å². The summed E-state index contributed by atoms with van der Waals surface area (Å²) in [5.41, 5.74) is 0.923. The summed E-state index contributed by atoms with van der Waals surface area (Å²) in [7, 11) is -2.95. The second-order valence-corrected chi connectivity index (χ2v) is 9.55. The lowest BCUT2D eigenvalue weighted by Gasteiger charge is -2.22. The van der Waals surface area contributed by atoms with Gasteiger partial charge >= 0.3 is 0 Å². The van der Waals surface area contributed by atoms with E-state index in [-0.39, 0.29) is 11.2 Å². The third-order valence-corrected chi connectivity index (χ3v) is 4.82. The molecule has 2 N–H and O–H groups in total. The zero-order valence-corrected chi connectivity index (χ0v) is 17.0. The van der Waals surface area contributed by atoms with Crippen molar-refractivity contribution in [3.05, 3.63) is 29.0 Å². The molecule has 0 radical (unpaired) electrons. The van der Waals surface area contributed by atoms with Gasteiger partial charge in [-0.3, -0.25) is 4.99 Å². The standard InChI is InChI=1S/C17H29ClN4O2S/c1-5-19-16(20-10-8-14-6-7-15(18)21-12-14)22-13-17(2,3)9-11-25(4,23)24/h6-7,12H,5,8-11,13H2,1-4H3,(H2,19,20,22). The van der Waals surface area contributed by atoms with Crippen LogP contribution in [0.15, 0.2) is 23.3 Å². The second-order valence-electron chi connectivity index (χ2n) is 6.91. The third kappa shape index (κ3) is 10.3. The number of halogens is 1. The molecule has 0 spiro atoms. The second kappa shape index (κ2) is 9.97. The van der Waals surface area contributed by atoms with E-state index in [4.69, 9.17) is 11.6 Å². The van der Waals surface area contributed by atoms with Crippen LogP contribution in [0.3, 0.4) is 0 Å². The Morgan fingerprint density at radius 2 is 2.04 bits per heavy atom. The zero-order valence-electron chi connectivity index (χ0n) is 15.5. The van der Waals surface area contributed by atoms with E-state index in [0.29, 0.717) is 18.1 Å². The lowest BCUT2D eigenvalue weighted by molar-refractivity contribution is 0.365. The van der Waals surface area contributed by atoms with Gasteiger partial charge in [0.25, 0.3) is 0 Å². The first-order valence-electron chi connectivity index (χ1n) is 8.42. The van der Waals surface area contributed by atoms with Crippen LogP contribution in [0.2, 0.25) is 5.15 Å². The van der Waals surface area contributed by atoms with Gasteiger partial charge in [0.15, 0.2) is 5.96 Å². The Balaban J connectivity index is 2.53. The van der Waals surface area contributed by atoms with Gasteiger partial charge in [0.1, 0.15) is 15.0 Å². The Hall–Kier alpha value is -1.34. The molecule has 0 bridgehead atoms. The van der Waals surface area contributed by atoms with Gasteiger partial charge in [0.05, 0.1) is 5.75 Å². The molecule has 0 atom stereocenters. The van der Waals surface area contributed by atoms with Crippen LogP contribution in [-0.2, 0) is 16.3 Å². The van der Waals surface area contributed by atoms with Gasteiger partial charge in [-0.2, -0.15) is 0 Å². The molecule has 0 saturated carbocycles. The highest BCUT2D eigenvalue weighted by Crippen LogP contribution is 2.21. The quantitative estimate of drug-likeness (QED) is 0.385. The number of nitrogens with one attached hydrogen (secondary N) is 2. The smallest absolute Gasteiger partial charge is 0.191 e. The fourth-order valence-corrected chi connectivity index (χ4v) is 3.09. The lowest BCUT2D eigenvalue weighted by atomic mass is 9.90. The molecule has 1 heterocycles. The van der Waals surface area contributed by atoms with Crippen molar-refractivity contribution in [1.82, 2.24) is 15.6 Å².